The predicted octanol–water partition coefficient (Wildman–Crippen LogP) is 4.47. The second kappa shape index (κ2) is 7.78. The van der Waals surface area contributed by atoms with E-state index in [9.17, 15) is 9.59 Å². The minimum atomic E-state index is -0.229. The minimum Gasteiger partial charge on any atom is -0.358 e. The third-order valence-corrected chi connectivity index (χ3v) is 5.72. The molecule has 5 rings (SSSR count). The minimum absolute atomic E-state index is 0.209. The molecule has 0 unspecified atom stereocenters. The largest absolute Gasteiger partial charge is 0.358 e. The fourth-order valence-electron chi connectivity index (χ4n) is 4.11. The lowest BCUT2D eigenvalue weighted by Gasteiger charge is -2.12. The first-order valence-corrected chi connectivity index (χ1v) is 10.5. The Bertz CT molecular complexity index is 1100. The molecule has 1 aromatic carbocycles. The average Bonchev–Trinajstić information content (AvgIpc) is 3.48. The van der Waals surface area contributed by atoms with E-state index in [2.05, 4.69) is 32.7 Å². The number of rotatable bonds is 5. The number of Topliss-reactive ketones (excluding diaryl/α,β-unsaturated/α-hetero) is 1. The molecule has 0 radical (unpaired) electrons. The molecule has 0 aliphatic heterocycles. The summed E-state index contributed by atoms with van der Waals surface area (Å²) in [4.78, 5) is 32.7. The molecule has 1 fully saturated rings. The van der Waals surface area contributed by atoms with Crippen LogP contribution < -0.4 is 10.6 Å². The lowest BCUT2D eigenvalue weighted by Crippen LogP contribution is -2.30. The first-order chi connectivity index (χ1) is 14.7. The number of nitrogens with zero attached hydrogens (tertiary/aromatic N) is 1. The van der Waals surface area contributed by atoms with Gasteiger partial charge in [-0.1, -0.05) is 30.3 Å². The predicted molar refractivity (Wildman–Crippen MR) is 116 cm³/mol. The molecule has 2 aromatic heterocycles. The van der Waals surface area contributed by atoms with Gasteiger partial charge in [-0.2, -0.15) is 0 Å². The van der Waals surface area contributed by atoms with Crippen molar-refractivity contribution in [2.24, 2.45) is 0 Å². The number of ketones is 1. The fraction of sp³-hybridized carbons (Fsp3) is 0.292. The Morgan fingerprint density at radius 1 is 1.13 bits per heavy atom. The highest BCUT2D eigenvalue weighted by atomic mass is 16.2. The van der Waals surface area contributed by atoms with Crippen molar-refractivity contribution >= 4 is 17.6 Å². The quantitative estimate of drug-likeness (QED) is 0.590. The van der Waals surface area contributed by atoms with E-state index in [1.807, 2.05) is 30.3 Å². The molecule has 3 aromatic rings. The van der Waals surface area contributed by atoms with E-state index in [1.54, 1.807) is 6.20 Å². The zero-order valence-corrected chi connectivity index (χ0v) is 16.7. The Hall–Kier alpha value is -3.41. The number of aryl methyl sites for hydroxylation is 1. The van der Waals surface area contributed by atoms with Crippen LogP contribution in [0, 0.1) is 0 Å². The van der Waals surface area contributed by atoms with Gasteiger partial charge in [-0.25, -0.2) is 9.78 Å². The molecule has 2 aliphatic carbocycles. The number of benzene rings is 1. The van der Waals surface area contributed by atoms with Gasteiger partial charge in [-0.3, -0.25) is 10.1 Å². The van der Waals surface area contributed by atoms with Crippen LogP contribution in [-0.4, -0.2) is 27.8 Å². The van der Waals surface area contributed by atoms with Gasteiger partial charge in [0.25, 0.3) is 0 Å². The van der Waals surface area contributed by atoms with Crippen molar-refractivity contribution < 1.29 is 9.59 Å². The van der Waals surface area contributed by atoms with Crippen LogP contribution in [0.15, 0.2) is 48.7 Å². The summed E-state index contributed by atoms with van der Waals surface area (Å²) in [5.74, 6) is 0.705. The summed E-state index contributed by atoms with van der Waals surface area (Å²) in [7, 11) is 0. The first kappa shape index (κ1) is 18.6. The fourth-order valence-corrected chi connectivity index (χ4v) is 4.11. The normalized spacial score (nSPS) is 15.5. The van der Waals surface area contributed by atoms with Crippen LogP contribution in [0.2, 0.25) is 0 Å². The zero-order valence-electron chi connectivity index (χ0n) is 16.7. The number of nitrogens with one attached hydrogen (secondary N) is 3. The van der Waals surface area contributed by atoms with Crippen LogP contribution in [0.4, 0.5) is 10.6 Å². The number of carbonyl (C=O) groups is 2. The van der Waals surface area contributed by atoms with E-state index in [0.29, 0.717) is 18.7 Å². The SMILES string of the molecule is O=C(Nc1cc(-c2[nH]c3c(c2Cc2ccccc2)C(=O)CCC3)ccn1)NC1CC1. The molecule has 0 spiro atoms. The molecule has 1 saturated carbocycles. The highest BCUT2D eigenvalue weighted by molar-refractivity contribution is 6.01. The number of hydrogen-bond acceptors (Lipinski definition) is 3. The summed E-state index contributed by atoms with van der Waals surface area (Å²) in [6.07, 6.45) is 6.79. The monoisotopic (exact) mass is 400 g/mol. The van der Waals surface area contributed by atoms with Crippen LogP contribution in [0.5, 0.6) is 0 Å². The van der Waals surface area contributed by atoms with Crippen molar-refractivity contribution in [2.45, 2.75) is 44.6 Å². The Balaban J connectivity index is 1.51. The summed E-state index contributed by atoms with van der Waals surface area (Å²) < 4.78 is 0. The van der Waals surface area contributed by atoms with Crippen molar-refractivity contribution in [3.63, 3.8) is 0 Å². The summed E-state index contributed by atoms with van der Waals surface area (Å²) in [6, 6.07) is 14.0. The Morgan fingerprint density at radius 2 is 1.97 bits per heavy atom. The number of pyridine rings is 1. The molecule has 2 amide bonds. The molecule has 6 heteroatoms. The van der Waals surface area contributed by atoms with Crippen molar-refractivity contribution in [3.05, 3.63) is 71.0 Å². The van der Waals surface area contributed by atoms with Crippen LogP contribution in [-0.2, 0) is 12.8 Å². The van der Waals surface area contributed by atoms with Gasteiger partial charge in [0, 0.05) is 41.9 Å². The topological polar surface area (TPSA) is 86.9 Å². The number of hydrogen-bond donors (Lipinski definition) is 3. The summed E-state index contributed by atoms with van der Waals surface area (Å²) in [6.45, 7) is 0. The van der Waals surface area contributed by atoms with Crippen molar-refractivity contribution in [3.8, 4) is 11.3 Å². The second-order valence-corrected chi connectivity index (χ2v) is 8.07. The molecular formula is C24H24N4O2. The first-order valence-electron chi connectivity index (χ1n) is 10.5. The van der Waals surface area contributed by atoms with E-state index < -0.39 is 0 Å². The van der Waals surface area contributed by atoms with E-state index >= 15 is 0 Å². The number of aromatic nitrogens is 2. The molecule has 0 saturated heterocycles. The van der Waals surface area contributed by atoms with Crippen molar-refractivity contribution in [1.29, 1.82) is 0 Å². The zero-order chi connectivity index (χ0) is 20.5. The third-order valence-electron chi connectivity index (χ3n) is 5.72. The van der Waals surface area contributed by atoms with E-state index in [-0.39, 0.29) is 17.9 Å². The van der Waals surface area contributed by atoms with Crippen LogP contribution in [0.1, 0.15) is 52.9 Å². The standard InChI is InChI=1S/C24H24N4O2/c29-20-8-4-7-19-22(20)18(13-15-5-2-1-3-6-15)23(27-19)16-11-12-25-21(14-16)28-24(30)26-17-9-10-17/h1-3,5-6,11-12,14,17,27H,4,7-10,13H2,(H2,25,26,28,30). The van der Waals surface area contributed by atoms with Crippen molar-refractivity contribution in [2.75, 3.05) is 5.32 Å². The van der Waals surface area contributed by atoms with Crippen LogP contribution in [0.3, 0.4) is 0 Å². The summed E-state index contributed by atoms with van der Waals surface area (Å²) in [5, 5.41) is 5.73. The number of amides is 2. The third kappa shape index (κ3) is 3.85. The maximum absolute atomic E-state index is 12.8. The molecular weight excluding hydrogens is 376 g/mol. The number of H-pyrrole nitrogens is 1. The number of urea groups is 1. The van der Waals surface area contributed by atoms with Gasteiger partial charge >= 0.3 is 6.03 Å². The maximum Gasteiger partial charge on any atom is 0.320 e. The van der Waals surface area contributed by atoms with Crippen LogP contribution in [0.25, 0.3) is 11.3 Å². The highest BCUT2D eigenvalue weighted by Crippen LogP contribution is 2.35. The van der Waals surface area contributed by atoms with Crippen LogP contribution >= 0.6 is 0 Å². The average molecular weight is 400 g/mol. The number of carbonyl (C=O) groups excluding carboxylic acids is 2. The summed E-state index contributed by atoms with van der Waals surface area (Å²) in [5.41, 5.74) is 5.91. The molecule has 0 bridgehead atoms. The second-order valence-electron chi connectivity index (χ2n) is 8.07. The van der Waals surface area contributed by atoms with Gasteiger partial charge in [-0.15, -0.1) is 0 Å². The molecule has 0 atom stereocenters. The molecule has 3 N–H and O–H groups in total. The Kier molecular flexibility index (Phi) is 4.83. The van der Waals surface area contributed by atoms with E-state index in [4.69, 9.17) is 0 Å². The van der Waals surface area contributed by atoms with E-state index in [0.717, 1.165) is 59.3 Å². The number of anilines is 1. The Labute approximate surface area is 175 Å². The van der Waals surface area contributed by atoms with Gasteiger partial charge < -0.3 is 10.3 Å². The van der Waals surface area contributed by atoms with Crippen molar-refractivity contribution in [1.82, 2.24) is 15.3 Å². The highest BCUT2D eigenvalue weighted by Gasteiger charge is 2.27. The Morgan fingerprint density at radius 3 is 2.77 bits per heavy atom. The van der Waals surface area contributed by atoms with Gasteiger partial charge in [0.05, 0.1) is 5.69 Å². The molecule has 2 heterocycles. The van der Waals surface area contributed by atoms with E-state index in [1.165, 1.54) is 0 Å². The summed E-state index contributed by atoms with van der Waals surface area (Å²) >= 11 is 0. The molecule has 30 heavy (non-hydrogen) atoms. The molecule has 152 valence electrons. The number of aromatic amines is 1. The van der Waals surface area contributed by atoms with Gasteiger partial charge in [0.2, 0.25) is 0 Å². The maximum atomic E-state index is 12.8. The number of fused-ring (bicyclic) bond motifs is 1. The lowest BCUT2D eigenvalue weighted by molar-refractivity contribution is 0.0971. The molecule has 6 nitrogen and oxygen atoms in total. The van der Waals surface area contributed by atoms with Gasteiger partial charge in [-0.05, 0) is 48.9 Å². The van der Waals surface area contributed by atoms with Gasteiger partial charge in [0.15, 0.2) is 5.78 Å². The molecule has 2 aliphatic rings. The van der Waals surface area contributed by atoms with Gasteiger partial charge in [0.1, 0.15) is 5.82 Å². The lowest BCUT2D eigenvalue weighted by atomic mass is 9.90. The smallest absolute Gasteiger partial charge is 0.320 e.